The van der Waals surface area contributed by atoms with E-state index < -0.39 is 0 Å². The van der Waals surface area contributed by atoms with Crippen LogP contribution in [0.1, 0.15) is 25.7 Å². The van der Waals surface area contributed by atoms with Crippen molar-refractivity contribution in [1.29, 1.82) is 0 Å². The van der Waals surface area contributed by atoms with Gasteiger partial charge in [0.15, 0.2) is 0 Å². The molecule has 4 heteroatoms. The standard InChI is InChI=1S/C7H17N3.Mn/c1-10-7-5-3-2-4-6-8-9-10;/h8-9H,2-7H2,1H3;. The minimum atomic E-state index is 0. The largest absolute Gasteiger partial charge is 0.244 e. The quantitative estimate of drug-likeness (QED) is 0.555. The second-order valence-electron chi connectivity index (χ2n) is 2.87. The van der Waals surface area contributed by atoms with E-state index in [0.717, 1.165) is 13.1 Å². The summed E-state index contributed by atoms with van der Waals surface area (Å²) in [6, 6.07) is 0. The van der Waals surface area contributed by atoms with Crippen LogP contribution in [-0.4, -0.2) is 25.1 Å². The minimum Gasteiger partial charge on any atom is -0.244 e. The maximum Gasteiger partial charge on any atom is 0.0141 e. The van der Waals surface area contributed by atoms with Crippen molar-refractivity contribution in [3.8, 4) is 0 Å². The first kappa shape index (κ1) is 11.4. The molecule has 1 radical (unpaired) electrons. The fourth-order valence-corrected chi connectivity index (χ4v) is 1.16. The molecule has 0 aromatic rings. The van der Waals surface area contributed by atoms with Crippen molar-refractivity contribution in [2.75, 3.05) is 20.1 Å². The molecule has 1 saturated heterocycles. The Morgan fingerprint density at radius 3 is 2.64 bits per heavy atom. The fraction of sp³-hybridized carbons (Fsp3) is 1.00. The first-order chi connectivity index (χ1) is 4.89. The number of nitrogens with one attached hydrogen (secondary N) is 2. The molecule has 0 saturated carbocycles. The van der Waals surface area contributed by atoms with E-state index in [1.54, 1.807) is 0 Å². The summed E-state index contributed by atoms with van der Waals surface area (Å²) in [5, 5.41) is 2.10. The van der Waals surface area contributed by atoms with Crippen molar-refractivity contribution in [2.24, 2.45) is 0 Å². The van der Waals surface area contributed by atoms with E-state index in [4.69, 9.17) is 0 Å². The van der Waals surface area contributed by atoms with Gasteiger partial charge in [-0.15, -0.1) is 0 Å². The average Bonchev–Trinajstić information content (AvgIpc) is 2.02. The zero-order valence-corrected chi connectivity index (χ0v) is 8.25. The van der Waals surface area contributed by atoms with Crippen LogP contribution in [0.4, 0.5) is 0 Å². The van der Waals surface area contributed by atoms with Gasteiger partial charge >= 0.3 is 0 Å². The van der Waals surface area contributed by atoms with Gasteiger partial charge < -0.3 is 0 Å². The Balaban J connectivity index is 0.000001000. The third-order valence-corrected chi connectivity index (χ3v) is 1.82. The summed E-state index contributed by atoms with van der Waals surface area (Å²) in [6.07, 6.45) is 5.34. The molecule has 3 nitrogen and oxygen atoms in total. The Morgan fingerprint density at radius 1 is 1.09 bits per heavy atom. The van der Waals surface area contributed by atoms with E-state index in [0.29, 0.717) is 0 Å². The normalized spacial score (nSPS) is 22.6. The molecule has 1 fully saturated rings. The average molecular weight is 198 g/mol. The Morgan fingerprint density at radius 2 is 1.82 bits per heavy atom. The van der Waals surface area contributed by atoms with E-state index >= 15 is 0 Å². The summed E-state index contributed by atoms with van der Waals surface area (Å²) in [4.78, 5) is 0. The zero-order valence-electron chi connectivity index (χ0n) is 7.07. The van der Waals surface area contributed by atoms with Crippen molar-refractivity contribution >= 4 is 0 Å². The first-order valence-corrected chi connectivity index (χ1v) is 4.09. The summed E-state index contributed by atoms with van der Waals surface area (Å²) in [6.45, 7) is 2.23. The van der Waals surface area contributed by atoms with Crippen LogP contribution in [0.3, 0.4) is 0 Å². The number of hydrogen-bond acceptors (Lipinski definition) is 3. The molecule has 0 aliphatic carbocycles. The van der Waals surface area contributed by atoms with Gasteiger partial charge in [0.1, 0.15) is 0 Å². The molecule has 0 atom stereocenters. The van der Waals surface area contributed by atoms with Crippen LogP contribution in [0.5, 0.6) is 0 Å². The van der Waals surface area contributed by atoms with Crippen molar-refractivity contribution < 1.29 is 17.1 Å². The van der Waals surface area contributed by atoms with Gasteiger partial charge in [-0.2, -0.15) is 5.53 Å². The van der Waals surface area contributed by atoms with Gasteiger partial charge in [-0.25, -0.2) is 10.4 Å². The number of nitrogens with zero attached hydrogens (tertiary/aromatic N) is 1. The predicted octanol–water partition coefficient (Wildman–Crippen LogP) is 0.499. The summed E-state index contributed by atoms with van der Waals surface area (Å²) in [7, 11) is 2.07. The number of hydrazine groups is 2. The van der Waals surface area contributed by atoms with Crippen LogP contribution in [-0.2, 0) is 17.1 Å². The van der Waals surface area contributed by atoms with Gasteiger partial charge in [0.2, 0.25) is 0 Å². The summed E-state index contributed by atoms with van der Waals surface area (Å²) >= 11 is 0. The van der Waals surface area contributed by atoms with E-state index in [9.17, 15) is 0 Å². The molecular weight excluding hydrogens is 181 g/mol. The van der Waals surface area contributed by atoms with Crippen LogP contribution in [0.2, 0.25) is 0 Å². The van der Waals surface area contributed by atoms with Crippen LogP contribution in [0.25, 0.3) is 0 Å². The number of rotatable bonds is 0. The van der Waals surface area contributed by atoms with Crippen molar-refractivity contribution in [3.63, 3.8) is 0 Å². The Kier molecular flexibility index (Phi) is 7.33. The summed E-state index contributed by atoms with van der Waals surface area (Å²) in [5.74, 6) is 0. The van der Waals surface area contributed by atoms with Crippen LogP contribution in [0, 0.1) is 0 Å². The molecule has 1 rings (SSSR count). The van der Waals surface area contributed by atoms with E-state index in [-0.39, 0.29) is 17.1 Å². The molecule has 2 N–H and O–H groups in total. The molecular formula is C7H17MnN3. The van der Waals surface area contributed by atoms with Gasteiger partial charge in [-0.05, 0) is 12.8 Å². The van der Waals surface area contributed by atoms with Gasteiger partial charge in [0.25, 0.3) is 0 Å². The Bertz CT molecular complexity index is 79.8. The summed E-state index contributed by atoms with van der Waals surface area (Å²) < 4.78 is 0. The van der Waals surface area contributed by atoms with Gasteiger partial charge in [-0.1, -0.05) is 12.8 Å². The molecule has 1 aliphatic heterocycles. The second-order valence-corrected chi connectivity index (χ2v) is 2.87. The topological polar surface area (TPSA) is 27.3 Å². The second kappa shape index (κ2) is 7.07. The molecule has 0 bridgehead atoms. The number of hydrogen-bond donors (Lipinski definition) is 2. The van der Waals surface area contributed by atoms with Crippen LogP contribution >= 0.6 is 0 Å². The molecule has 0 aromatic carbocycles. The maximum atomic E-state index is 3.15. The third kappa shape index (κ3) is 5.65. The monoisotopic (exact) mass is 198 g/mol. The maximum absolute atomic E-state index is 3.15. The molecule has 1 aliphatic rings. The van der Waals surface area contributed by atoms with Crippen molar-refractivity contribution in [2.45, 2.75) is 25.7 Å². The van der Waals surface area contributed by atoms with Gasteiger partial charge in [0.05, 0.1) is 0 Å². The van der Waals surface area contributed by atoms with Crippen molar-refractivity contribution in [1.82, 2.24) is 16.0 Å². The minimum absolute atomic E-state index is 0. The predicted molar refractivity (Wildman–Crippen MR) is 42.2 cm³/mol. The molecule has 0 aromatic heterocycles. The van der Waals surface area contributed by atoms with Crippen molar-refractivity contribution in [3.05, 3.63) is 0 Å². The molecule has 11 heavy (non-hydrogen) atoms. The zero-order chi connectivity index (χ0) is 7.23. The van der Waals surface area contributed by atoms with E-state index in [2.05, 4.69) is 23.0 Å². The first-order valence-electron chi connectivity index (χ1n) is 4.09. The van der Waals surface area contributed by atoms with E-state index in [1.807, 2.05) is 0 Å². The van der Waals surface area contributed by atoms with Crippen LogP contribution < -0.4 is 11.0 Å². The van der Waals surface area contributed by atoms with Gasteiger partial charge in [-0.3, -0.25) is 0 Å². The Labute approximate surface area is 79.3 Å². The fourth-order valence-electron chi connectivity index (χ4n) is 1.16. The molecule has 0 spiro atoms. The van der Waals surface area contributed by atoms with Gasteiger partial charge in [0, 0.05) is 37.2 Å². The summed E-state index contributed by atoms with van der Waals surface area (Å²) in [5.41, 5.74) is 6.26. The smallest absolute Gasteiger partial charge is 0.0141 e. The molecule has 67 valence electrons. The molecule has 0 unspecified atom stereocenters. The Hall–Kier alpha value is 0.399. The SMILES string of the molecule is CN1CCCCCCNN1.[Mn]. The third-order valence-electron chi connectivity index (χ3n) is 1.82. The molecule has 0 amide bonds. The molecule has 1 heterocycles. The van der Waals surface area contributed by atoms with E-state index in [1.165, 1.54) is 25.7 Å². The van der Waals surface area contributed by atoms with Crippen LogP contribution in [0.15, 0.2) is 0 Å².